The van der Waals surface area contributed by atoms with Gasteiger partial charge in [0.1, 0.15) is 0 Å². The van der Waals surface area contributed by atoms with E-state index in [1.165, 1.54) is 11.1 Å². The number of benzene rings is 2. The van der Waals surface area contributed by atoms with Crippen LogP contribution in [0.25, 0.3) is 0 Å². The molecule has 0 spiro atoms. The fourth-order valence-electron chi connectivity index (χ4n) is 2.43. The summed E-state index contributed by atoms with van der Waals surface area (Å²) in [7, 11) is 0. The van der Waals surface area contributed by atoms with Crippen LogP contribution in [-0.4, -0.2) is 17.5 Å². The topological polar surface area (TPSA) is 55.1 Å². The van der Waals surface area contributed by atoms with Crippen molar-refractivity contribution in [2.45, 2.75) is 45.2 Å². The average molecular weight is 310 g/mol. The van der Waals surface area contributed by atoms with Crippen molar-refractivity contribution in [3.63, 3.8) is 0 Å². The van der Waals surface area contributed by atoms with Gasteiger partial charge in [0, 0.05) is 5.54 Å². The van der Waals surface area contributed by atoms with Gasteiger partial charge in [-0.15, -0.1) is 0 Å². The smallest absolute Gasteiger partial charge is 0.237 e. The van der Waals surface area contributed by atoms with Crippen molar-refractivity contribution in [3.05, 3.63) is 71.3 Å². The van der Waals surface area contributed by atoms with Gasteiger partial charge in [0.2, 0.25) is 5.91 Å². The van der Waals surface area contributed by atoms with E-state index in [2.05, 4.69) is 53.8 Å². The quantitative estimate of drug-likeness (QED) is 0.892. The molecule has 0 aliphatic carbocycles. The fraction of sp³-hybridized carbons (Fsp3) is 0.350. The van der Waals surface area contributed by atoms with Gasteiger partial charge in [-0.1, -0.05) is 54.6 Å². The number of carbonyl (C=O) groups is 1. The van der Waals surface area contributed by atoms with Crippen molar-refractivity contribution in [2.24, 2.45) is 5.73 Å². The summed E-state index contributed by atoms with van der Waals surface area (Å²) < 4.78 is 0. The predicted octanol–water partition coefficient (Wildman–Crippen LogP) is 3.06. The van der Waals surface area contributed by atoms with Crippen LogP contribution in [0.1, 0.15) is 37.5 Å². The summed E-state index contributed by atoms with van der Waals surface area (Å²) in [5, 5.41) is 2.92. The van der Waals surface area contributed by atoms with E-state index in [1.807, 2.05) is 26.8 Å². The summed E-state index contributed by atoms with van der Waals surface area (Å²) >= 11 is 0. The Balaban J connectivity index is 1.93. The molecule has 0 fully saturated rings. The first-order valence-electron chi connectivity index (χ1n) is 8.03. The summed E-state index contributed by atoms with van der Waals surface area (Å²) in [5.74, 6) is -0.106. The Bertz CT molecular complexity index is 627. The molecule has 1 amide bonds. The minimum Gasteiger partial charge on any atom is -0.350 e. The van der Waals surface area contributed by atoms with Crippen molar-refractivity contribution in [1.82, 2.24) is 5.32 Å². The number of carbonyl (C=O) groups excluding carboxylic acids is 1. The first-order valence-corrected chi connectivity index (χ1v) is 8.03. The first kappa shape index (κ1) is 17.2. The van der Waals surface area contributed by atoms with E-state index in [0.717, 1.165) is 12.0 Å². The Hall–Kier alpha value is -2.13. The molecule has 0 saturated carbocycles. The second-order valence-electron chi connectivity index (χ2n) is 7.03. The lowest BCUT2D eigenvalue weighted by atomic mass is 10.00. The van der Waals surface area contributed by atoms with Crippen molar-refractivity contribution in [3.8, 4) is 0 Å². The summed E-state index contributed by atoms with van der Waals surface area (Å²) in [5.41, 5.74) is 9.38. The molecule has 2 rings (SSSR count). The molecular weight excluding hydrogens is 284 g/mol. The van der Waals surface area contributed by atoms with Crippen molar-refractivity contribution >= 4 is 5.91 Å². The molecule has 0 aliphatic heterocycles. The largest absolute Gasteiger partial charge is 0.350 e. The lowest BCUT2D eigenvalue weighted by Gasteiger charge is -2.23. The minimum atomic E-state index is -0.519. The SMILES string of the molecule is CC(C)(C)NC(=O)[C@@H](N)Cc1ccc(Cc2ccccc2)cc1. The molecule has 0 saturated heterocycles. The third-order valence-electron chi connectivity index (χ3n) is 3.56. The van der Waals surface area contributed by atoms with Crippen LogP contribution in [0.5, 0.6) is 0 Å². The van der Waals surface area contributed by atoms with E-state index in [9.17, 15) is 4.79 Å². The highest BCUT2D eigenvalue weighted by molar-refractivity contribution is 5.82. The van der Waals surface area contributed by atoms with Gasteiger partial charge in [0.25, 0.3) is 0 Å². The second kappa shape index (κ2) is 7.42. The van der Waals surface area contributed by atoms with Gasteiger partial charge in [-0.2, -0.15) is 0 Å². The van der Waals surface area contributed by atoms with Crippen molar-refractivity contribution < 1.29 is 4.79 Å². The van der Waals surface area contributed by atoms with E-state index < -0.39 is 6.04 Å². The third-order valence-corrected chi connectivity index (χ3v) is 3.56. The number of rotatable bonds is 5. The Kier molecular flexibility index (Phi) is 5.56. The zero-order valence-corrected chi connectivity index (χ0v) is 14.2. The minimum absolute atomic E-state index is 0.106. The average Bonchev–Trinajstić information content (AvgIpc) is 2.48. The number of hydrogen-bond acceptors (Lipinski definition) is 2. The van der Waals surface area contributed by atoms with Crippen LogP contribution >= 0.6 is 0 Å². The second-order valence-corrected chi connectivity index (χ2v) is 7.03. The monoisotopic (exact) mass is 310 g/mol. The molecule has 0 radical (unpaired) electrons. The lowest BCUT2D eigenvalue weighted by Crippen LogP contribution is -2.49. The Morgan fingerprint density at radius 2 is 1.48 bits per heavy atom. The van der Waals surface area contributed by atoms with E-state index >= 15 is 0 Å². The van der Waals surface area contributed by atoms with Crippen molar-refractivity contribution in [2.75, 3.05) is 0 Å². The molecule has 0 bridgehead atoms. The predicted molar refractivity (Wildman–Crippen MR) is 95.3 cm³/mol. The van der Waals surface area contributed by atoms with Crippen LogP contribution in [-0.2, 0) is 17.6 Å². The molecule has 2 aromatic rings. The highest BCUT2D eigenvalue weighted by Gasteiger charge is 2.19. The third kappa shape index (κ3) is 5.87. The summed E-state index contributed by atoms with van der Waals surface area (Å²) in [6, 6.07) is 18.2. The normalized spacial score (nSPS) is 12.7. The first-order chi connectivity index (χ1) is 10.8. The van der Waals surface area contributed by atoms with Crippen LogP contribution in [0.15, 0.2) is 54.6 Å². The van der Waals surface area contributed by atoms with Crippen LogP contribution in [0.4, 0.5) is 0 Å². The van der Waals surface area contributed by atoms with E-state index in [0.29, 0.717) is 6.42 Å². The molecule has 0 aliphatic rings. The van der Waals surface area contributed by atoms with Gasteiger partial charge < -0.3 is 11.1 Å². The molecule has 3 nitrogen and oxygen atoms in total. The highest BCUT2D eigenvalue weighted by atomic mass is 16.2. The van der Waals surface area contributed by atoms with E-state index in [-0.39, 0.29) is 11.4 Å². The van der Waals surface area contributed by atoms with E-state index in [1.54, 1.807) is 0 Å². The molecule has 2 aromatic carbocycles. The summed E-state index contributed by atoms with van der Waals surface area (Å²) in [6.45, 7) is 5.86. The maximum absolute atomic E-state index is 12.0. The summed E-state index contributed by atoms with van der Waals surface area (Å²) in [4.78, 5) is 12.0. The van der Waals surface area contributed by atoms with Crippen molar-refractivity contribution in [1.29, 1.82) is 0 Å². The van der Waals surface area contributed by atoms with Crippen LogP contribution < -0.4 is 11.1 Å². The Labute approximate surface area is 138 Å². The molecule has 122 valence electrons. The number of nitrogens with one attached hydrogen (secondary N) is 1. The van der Waals surface area contributed by atoms with Crippen LogP contribution in [0, 0.1) is 0 Å². The maximum Gasteiger partial charge on any atom is 0.237 e. The molecule has 23 heavy (non-hydrogen) atoms. The van der Waals surface area contributed by atoms with Crippen LogP contribution in [0.3, 0.4) is 0 Å². The fourth-order valence-corrected chi connectivity index (χ4v) is 2.43. The molecule has 3 N–H and O–H groups in total. The van der Waals surface area contributed by atoms with Crippen LogP contribution in [0.2, 0.25) is 0 Å². The Morgan fingerprint density at radius 1 is 0.957 bits per heavy atom. The molecule has 1 atom stereocenters. The van der Waals surface area contributed by atoms with Gasteiger partial charge >= 0.3 is 0 Å². The van der Waals surface area contributed by atoms with Gasteiger partial charge in [-0.3, -0.25) is 4.79 Å². The maximum atomic E-state index is 12.0. The van der Waals surface area contributed by atoms with E-state index in [4.69, 9.17) is 5.73 Å². The Morgan fingerprint density at radius 3 is 2.04 bits per heavy atom. The molecule has 0 heterocycles. The lowest BCUT2D eigenvalue weighted by molar-refractivity contribution is -0.123. The molecule has 3 heteroatoms. The van der Waals surface area contributed by atoms with Gasteiger partial charge in [-0.25, -0.2) is 0 Å². The summed E-state index contributed by atoms with van der Waals surface area (Å²) in [6.07, 6.45) is 1.46. The number of hydrogen-bond donors (Lipinski definition) is 2. The zero-order chi connectivity index (χ0) is 16.9. The number of nitrogens with two attached hydrogens (primary N) is 1. The highest BCUT2D eigenvalue weighted by Crippen LogP contribution is 2.12. The van der Waals surface area contributed by atoms with Gasteiger partial charge in [-0.05, 0) is 50.3 Å². The standard InChI is InChI=1S/C20H26N2O/c1-20(2,3)22-19(23)18(21)14-17-11-9-16(10-12-17)13-15-7-5-4-6-8-15/h4-12,18H,13-14,21H2,1-3H3,(H,22,23)/t18-/m0/s1. The molecule has 0 unspecified atom stereocenters. The van der Waals surface area contributed by atoms with Gasteiger partial charge in [0.15, 0.2) is 0 Å². The van der Waals surface area contributed by atoms with Gasteiger partial charge in [0.05, 0.1) is 6.04 Å². The number of amides is 1. The zero-order valence-electron chi connectivity index (χ0n) is 14.2. The molecule has 0 aromatic heterocycles. The molecular formula is C20H26N2O.